The minimum absolute atomic E-state index is 0.0216. The van der Waals surface area contributed by atoms with E-state index in [4.69, 9.17) is 4.74 Å². The number of ether oxygens (including phenoxy) is 1. The first-order valence-electron chi connectivity index (χ1n) is 8.36. The molecule has 0 aliphatic carbocycles. The van der Waals surface area contributed by atoms with Crippen molar-refractivity contribution in [2.45, 2.75) is 26.4 Å². The van der Waals surface area contributed by atoms with E-state index in [1.165, 1.54) is 25.3 Å². The minimum atomic E-state index is -0.378. The molecule has 2 aromatic carbocycles. The van der Waals surface area contributed by atoms with Crippen LogP contribution in [0, 0.1) is 18.6 Å². The number of hydrogen-bond donors (Lipinski definition) is 1. The highest BCUT2D eigenvalue weighted by atomic mass is 19.1. The molecule has 0 spiro atoms. The summed E-state index contributed by atoms with van der Waals surface area (Å²) < 4.78 is 33.7. The van der Waals surface area contributed by atoms with E-state index < -0.39 is 0 Å². The molecule has 1 heterocycles. The second kappa shape index (κ2) is 7.66. The van der Waals surface area contributed by atoms with Crippen LogP contribution in [-0.2, 0) is 6.54 Å². The number of hydrogen-bond acceptors (Lipinski definition) is 3. The van der Waals surface area contributed by atoms with Gasteiger partial charge in [0.25, 0.3) is 0 Å². The van der Waals surface area contributed by atoms with Crippen molar-refractivity contribution >= 4 is 0 Å². The normalized spacial score (nSPS) is 12.2. The molecule has 0 bridgehead atoms. The predicted octanol–water partition coefficient (Wildman–Crippen LogP) is 4.32. The predicted molar refractivity (Wildman–Crippen MR) is 96.5 cm³/mol. The summed E-state index contributed by atoms with van der Waals surface area (Å²) in [4.78, 5) is 0. The van der Waals surface area contributed by atoms with E-state index in [0.717, 1.165) is 16.8 Å². The van der Waals surface area contributed by atoms with E-state index in [1.54, 1.807) is 29.1 Å². The maximum Gasteiger partial charge on any atom is 0.165 e. The number of halogens is 2. The molecule has 3 aromatic rings. The molecule has 136 valence electrons. The first-order valence-corrected chi connectivity index (χ1v) is 8.36. The van der Waals surface area contributed by atoms with Gasteiger partial charge in [0.05, 0.1) is 19.0 Å². The van der Waals surface area contributed by atoms with Crippen LogP contribution in [0.5, 0.6) is 5.75 Å². The molecular weight excluding hydrogens is 336 g/mol. The molecule has 0 saturated carbocycles. The van der Waals surface area contributed by atoms with Crippen LogP contribution in [0.2, 0.25) is 0 Å². The van der Waals surface area contributed by atoms with Gasteiger partial charge in [-0.25, -0.2) is 13.5 Å². The van der Waals surface area contributed by atoms with Crippen molar-refractivity contribution in [1.82, 2.24) is 15.1 Å². The van der Waals surface area contributed by atoms with Gasteiger partial charge in [0.2, 0.25) is 0 Å². The quantitative estimate of drug-likeness (QED) is 0.714. The summed E-state index contributed by atoms with van der Waals surface area (Å²) in [5, 5.41) is 7.78. The average Bonchev–Trinajstić information content (AvgIpc) is 3.02. The fourth-order valence-corrected chi connectivity index (χ4v) is 2.91. The summed E-state index contributed by atoms with van der Waals surface area (Å²) in [5.74, 6) is -0.445. The lowest BCUT2D eigenvalue weighted by Gasteiger charge is -2.15. The molecule has 26 heavy (non-hydrogen) atoms. The van der Waals surface area contributed by atoms with Crippen molar-refractivity contribution < 1.29 is 13.5 Å². The standard InChI is InChI=1S/C20H21F2N3O/c1-13(23-11-15-7-8-19(22)20(9-15)26-3)18-12-24-25(14(18)2)17-6-4-5-16(21)10-17/h4-10,12-13,23H,11H2,1-3H3/t13-/m1/s1. The fourth-order valence-electron chi connectivity index (χ4n) is 2.91. The Labute approximate surface area is 151 Å². The topological polar surface area (TPSA) is 39.1 Å². The van der Waals surface area contributed by atoms with Crippen molar-refractivity contribution in [3.8, 4) is 11.4 Å². The molecule has 0 amide bonds. The van der Waals surface area contributed by atoms with Crippen LogP contribution >= 0.6 is 0 Å². The van der Waals surface area contributed by atoms with Crippen molar-refractivity contribution in [2.24, 2.45) is 0 Å². The number of benzene rings is 2. The highest BCUT2D eigenvalue weighted by Crippen LogP contribution is 2.22. The molecular formula is C20H21F2N3O. The van der Waals surface area contributed by atoms with Gasteiger partial charge in [-0.05, 0) is 49.7 Å². The second-order valence-corrected chi connectivity index (χ2v) is 6.15. The summed E-state index contributed by atoms with van der Waals surface area (Å²) in [5.41, 5.74) is 3.56. The number of aromatic nitrogens is 2. The Morgan fingerprint density at radius 1 is 1.19 bits per heavy atom. The zero-order chi connectivity index (χ0) is 18.7. The van der Waals surface area contributed by atoms with Crippen LogP contribution in [0.25, 0.3) is 5.69 Å². The summed E-state index contributed by atoms with van der Waals surface area (Å²) in [6.07, 6.45) is 1.78. The van der Waals surface area contributed by atoms with E-state index in [0.29, 0.717) is 12.2 Å². The van der Waals surface area contributed by atoms with E-state index >= 15 is 0 Å². The van der Waals surface area contributed by atoms with E-state index in [-0.39, 0.29) is 23.4 Å². The van der Waals surface area contributed by atoms with Crippen LogP contribution in [-0.4, -0.2) is 16.9 Å². The third-order valence-corrected chi connectivity index (χ3v) is 4.39. The lowest BCUT2D eigenvalue weighted by molar-refractivity contribution is 0.385. The van der Waals surface area contributed by atoms with Gasteiger partial charge in [0, 0.05) is 23.8 Å². The molecule has 0 aliphatic heterocycles. The van der Waals surface area contributed by atoms with Gasteiger partial charge >= 0.3 is 0 Å². The molecule has 1 aromatic heterocycles. The number of nitrogens with one attached hydrogen (secondary N) is 1. The maximum atomic E-state index is 13.5. The molecule has 1 atom stereocenters. The first kappa shape index (κ1) is 18.1. The minimum Gasteiger partial charge on any atom is -0.494 e. The Hall–Kier alpha value is -2.73. The third kappa shape index (κ3) is 3.75. The monoisotopic (exact) mass is 357 g/mol. The lowest BCUT2D eigenvalue weighted by Crippen LogP contribution is -2.18. The fraction of sp³-hybridized carbons (Fsp3) is 0.250. The zero-order valence-corrected chi connectivity index (χ0v) is 15.0. The maximum absolute atomic E-state index is 13.5. The van der Waals surface area contributed by atoms with Gasteiger partial charge < -0.3 is 10.1 Å². The molecule has 0 unspecified atom stereocenters. The van der Waals surface area contributed by atoms with Crippen LogP contribution in [0.4, 0.5) is 8.78 Å². The van der Waals surface area contributed by atoms with Crippen LogP contribution < -0.4 is 10.1 Å². The second-order valence-electron chi connectivity index (χ2n) is 6.15. The molecule has 4 nitrogen and oxygen atoms in total. The van der Waals surface area contributed by atoms with Gasteiger partial charge in [-0.2, -0.15) is 5.10 Å². The summed E-state index contributed by atoms with van der Waals surface area (Å²) >= 11 is 0. The molecule has 0 aliphatic rings. The summed E-state index contributed by atoms with van der Waals surface area (Å²) in [7, 11) is 1.45. The molecule has 6 heteroatoms. The van der Waals surface area contributed by atoms with Crippen LogP contribution in [0.1, 0.15) is 29.8 Å². The first-order chi connectivity index (χ1) is 12.5. The Morgan fingerprint density at radius 2 is 2.00 bits per heavy atom. The van der Waals surface area contributed by atoms with Gasteiger partial charge in [-0.15, -0.1) is 0 Å². The molecule has 3 rings (SSSR count). The highest BCUT2D eigenvalue weighted by molar-refractivity contribution is 5.36. The van der Waals surface area contributed by atoms with E-state index in [9.17, 15) is 8.78 Å². The molecule has 0 saturated heterocycles. The third-order valence-electron chi connectivity index (χ3n) is 4.39. The zero-order valence-electron chi connectivity index (χ0n) is 15.0. The Balaban J connectivity index is 1.74. The Morgan fingerprint density at radius 3 is 2.73 bits per heavy atom. The molecule has 1 N–H and O–H groups in total. The van der Waals surface area contributed by atoms with Gasteiger partial charge in [-0.3, -0.25) is 0 Å². The van der Waals surface area contributed by atoms with Crippen molar-refractivity contribution in [2.75, 3.05) is 7.11 Å². The van der Waals surface area contributed by atoms with Crippen molar-refractivity contribution in [3.05, 3.63) is 77.1 Å². The van der Waals surface area contributed by atoms with E-state index in [2.05, 4.69) is 10.4 Å². The number of methoxy groups -OCH3 is 1. The van der Waals surface area contributed by atoms with Crippen LogP contribution in [0.15, 0.2) is 48.7 Å². The van der Waals surface area contributed by atoms with Crippen LogP contribution in [0.3, 0.4) is 0 Å². The summed E-state index contributed by atoms with van der Waals surface area (Å²) in [6.45, 7) is 4.54. The number of nitrogens with zero attached hydrogens (tertiary/aromatic N) is 2. The van der Waals surface area contributed by atoms with Gasteiger partial charge in [0.1, 0.15) is 5.82 Å². The highest BCUT2D eigenvalue weighted by Gasteiger charge is 2.14. The molecule has 0 radical (unpaired) electrons. The van der Waals surface area contributed by atoms with Gasteiger partial charge in [-0.1, -0.05) is 12.1 Å². The molecule has 0 fully saturated rings. The SMILES string of the molecule is COc1cc(CN[C@H](C)c2cnn(-c3cccc(F)c3)c2C)ccc1F. The smallest absolute Gasteiger partial charge is 0.165 e. The van der Waals surface area contributed by atoms with E-state index in [1.807, 2.05) is 19.9 Å². The van der Waals surface area contributed by atoms with Crippen molar-refractivity contribution in [3.63, 3.8) is 0 Å². The Bertz CT molecular complexity index is 908. The Kier molecular flexibility index (Phi) is 5.32. The summed E-state index contributed by atoms with van der Waals surface area (Å²) in [6, 6.07) is 11.2. The largest absolute Gasteiger partial charge is 0.494 e. The van der Waals surface area contributed by atoms with Crippen molar-refractivity contribution in [1.29, 1.82) is 0 Å². The average molecular weight is 357 g/mol. The van der Waals surface area contributed by atoms with Gasteiger partial charge in [0.15, 0.2) is 11.6 Å². The lowest BCUT2D eigenvalue weighted by atomic mass is 10.1. The number of rotatable bonds is 6.